The van der Waals surface area contributed by atoms with Gasteiger partial charge < -0.3 is 20.4 Å². The summed E-state index contributed by atoms with van der Waals surface area (Å²) in [7, 11) is 0. The SMILES string of the molecule is Cc1ccccc1C(=O)NC1CCN(C(=O)c2coc(CN)c2)CC1.Cl. The molecule has 0 atom stereocenters. The standard InChI is InChI=1S/C19H23N3O3.ClH/c1-13-4-2-3-5-17(13)18(23)21-15-6-8-22(9-7-15)19(24)14-10-16(11-20)25-12-14;/h2-5,10,12,15H,6-9,11,20H2,1H3,(H,21,23);1H. The van der Waals surface area contributed by atoms with Crippen molar-refractivity contribution < 1.29 is 14.0 Å². The lowest BCUT2D eigenvalue weighted by molar-refractivity contribution is 0.0697. The summed E-state index contributed by atoms with van der Waals surface area (Å²) in [5.74, 6) is 0.501. The minimum Gasteiger partial charge on any atom is -0.467 e. The Hall–Kier alpha value is -2.31. The summed E-state index contributed by atoms with van der Waals surface area (Å²) in [6.07, 6.45) is 2.94. The molecule has 0 unspecified atom stereocenters. The van der Waals surface area contributed by atoms with Crippen molar-refractivity contribution in [2.45, 2.75) is 32.4 Å². The van der Waals surface area contributed by atoms with Crippen molar-refractivity contribution >= 4 is 24.2 Å². The number of halogens is 1. The summed E-state index contributed by atoms with van der Waals surface area (Å²) in [5.41, 5.74) is 7.70. The van der Waals surface area contributed by atoms with Gasteiger partial charge in [0.05, 0.1) is 12.1 Å². The van der Waals surface area contributed by atoms with Crippen LogP contribution in [0.15, 0.2) is 41.0 Å². The van der Waals surface area contributed by atoms with Gasteiger partial charge in [-0.3, -0.25) is 9.59 Å². The van der Waals surface area contributed by atoms with Crippen LogP contribution in [-0.2, 0) is 6.54 Å². The smallest absolute Gasteiger partial charge is 0.257 e. The Labute approximate surface area is 159 Å². The van der Waals surface area contributed by atoms with Crippen molar-refractivity contribution in [1.82, 2.24) is 10.2 Å². The van der Waals surface area contributed by atoms with E-state index >= 15 is 0 Å². The lowest BCUT2D eigenvalue weighted by Crippen LogP contribution is -2.46. The number of nitrogens with zero attached hydrogens (tertiary/aromatic N) is 1. The Morgan fingerprint density at radius 3 is 2.58 bits per heavy atom. The number of amides is 2. The van der Waals surface area contributed by atoms with E-state index in [0.717, 1.165) is 18.4 Å². The number of hydrogen-bond acceptors (Lipinski definition) is 4. The summed E-state index contributed by atoms with van der Waals surface area (Å²) < 4.78 is 5.23. The molecule has 0 radical (unpaired) electrons. The van der Waals surface area contributed by atoms with Gasteiger partial charge >= 0.3 is 0 Å². The Morgan fingerprint density at radius 2 is 1.96 bits per heavy atom. The van der Waals surface area contributed by atoms with E-state index < -0.39 is 0 Å². The van der Waals surface area contributed by atoms with Gasteiger partial charge in [0.1, 0.15) is 12.0 Å². The number of hydrogen-bond donors (Lipinski definition) is 2. The summed E-state index contributed by atoms with van der Waals surface area (Å²) >= 11 is 0. The van der Waals surface area contributed by atoms with Crippen molar-refractivity contribution in [2.24, 2.45) is 5.73 Å². The lowest BCUT2D eigenvalue weighted by atomic mass is 10.0. The Morgan fingerprint density at radius 1 is 1.27 bits per heavy atom. The normalized spacial score (nSPS) is 14.6. The van der Waals surface area contributed by atoms with Crippen LogP contribution in [0, 0.1) is 6.92 Å². The van der Waals surface area contributed by atoms with Crippen LogP contribution in [0.3, 0.4) is 0 Å². The van der Waals surface area contributed by atoms with Crippen LogP contribution in [0.2, 0.25) is 0 Å². The fourth-order valence-corrected chi connectivity index (χ4v) is 3.10. The molecular formula is C19H24ClN3O3. The highest BCUT2D eigenvalue weighted by molar-refractivity contribution is 5.96. The summed E-state index contributed by atoms with van der Waals surface area (Å²) in [5, 5.41) is 3.08. The average Bonchev–Trinajstić information content (AvgIpc) is 3.11. The van der Waals surface area contributed by atoms with Crippen LogP contribution in [0.1, 0.15) is 44.9 Å². The van der Waals surface area contributed by atoms with Crippen LogP contribution in [0.4, 0.5) is 0 Å². The molecule has 1 aliphatic rings. The first-order valence-electron chi connectivity index (χ1n) is 8.51. The molecule has 7 heteroatoms. The van der Waals surface area contributed by atoms with Gasteiger partial charge in [-0.2, -0.15) is 0 Å². The number of carbonyl (C=O) groups is 2. The predicted molar refractivity (Wildman–Crippen MR) is 101 cm³/mol. The number of carbonyl (C=O) groups excluding carboxylic acids is 2. The third-order valence-corrected chi connectivity index (χ3v) is 4.61. The maximum Gasteiger partial charge on any atom is 0.257 e. The summed E-state index contributed by atoms with van der Waals surface area (Å²) in [6.45, 7) is 3.43. The van der Waals surface area contributed by atoms with Gasteiger partial charge in [-0.1, -0.05) is 18.2 Å². The highest BCUT2D eigenvalue weighted by Crippen LogP contribution is 2.17. The van der Waals surface area contributed by atoms with E-state index in [1.54, 1.807) is 11.0 Å². The summed E-state index contributed by atoms with van der Waals surface area (Å²) in [4.78, 5) is 26.6. The second kappa shape index (κ2) is 8.87. The number of benzene rings is 1. The van der Waals surface area contributed by atoms with Crippen LogP contribution in [-0.4, -0.2) is 35.8 Å². The van der Waals surface area contributed by atoms with E-state index in [1.165, 1.54) is 6.26 Å². The van der Waals surface area contributed by atoms with Gasteiger partial charge in [0.15, 0.2) is 0 Å². The molecule has 1 saturated heterocycles. The molecule has 6 nitrogen and oxygen atoms in total. The average molecular weight is 378 g/mol. The van der Waals surface area contributed by atoms with Crippen LogP contribution in [0.5, 0.6) is 0 Å². The molecule has 2 heterocycles. The highest BCUT2D eigenvalue weighted by Gasteiger charge is 2.26. The van der Waals surface area contributed by atoms with E-state index in [1.807, 2.05) is 31.2 Å². The van der Waals surface area contributed by atoms with Gasteiger partial charge in [-0.15, -0.1) is 12.4 Å². The van der Waals surface area contributed by atoms with Crippen LogP contribution >= 0.6 is 12.4 Å². The molecule has 140 valence electrons. The van der Waals surface area contributed by atoms with Crippen molar-refractivity contribution in [3.63, 3.8) is 0 Å². The van der Waals surface area contributed by atoms with Gasteiger partial charge in [0.25, 0.3) is 11.8 Å². The van der Waals surface area contributed by atoms with E-state index in [0.29, 0.717) is 30.0 Å². The number of rotatable bonds is 4. The second-order valence-electron chi connectivity index (χ2n) is 6.36. The van der Waals surface area contributed by atoms with Crippen LogP contribution in [0.25, 0.3) is 0 Å². The maximum absolute atomic E-state index is 12.5. The number of likely N-dealkylation sites (tertiary alicyclic amines) is 1. The molecule has 1 aromatic carbocycles. The van der Waals surface area contributed by atoms with E-state index in [2.05, 4.69) is 5.32 Å². The van der Waals surface area contributed by atoms with Gasteiger partial charge in [0.2, 0.25) is 0 Å². The third-order valence-electron chi connectivity index (χ3n) is 4.61. The fourth-order valence-electron chi connectivity index (χ4n) is 3.10. The third kappa shape index (κ3) is 4.45. The number of furan rings is 1. The molecule has 3 rings (SSSR count). The topological polar surface area (TPSA) is 88.6 Å². The van der Waals surface area contributed by atoms with Crippen LogP contribution < -0.4 is 11.1 Å². The molecule has 0 saturated carbocycles. The molecular weight excluding hydrogens is 354 g/mol. The Balaban J connectivity index is 0.00000243. The first-order chi connectivity index (χ1) is 12.1. The highest BCUT2D eigenvalue weighted by atomic mass is 35.5. The molecule has 26 heavy (non-hydrogen) atoms. The number of nitrogens with one attached hydrogen (secondary N) is 1. The summed E-state index contributed by atoms with van der Waals surface area (Å²) in [6, 6.07) is 9.31. The molecule has 0 bridgehead atoms. The van der Waals surface area contributed by atoms with Crippen molar-refractivity contribution in [2.75, 3.05) is 13.1 Å². The lowest BCUT2D eigenvalue weighted by Gasteiger charge is -2.32. The minimum absolute atomic E-state index is 0. The Bertz CT molecular complexity index is 767. The maximum atomic E-state index is 12.5. The number of aryl methyl sites for hydroxylation is 1. The largest absolute Gasteiger partial charge is 0.467 e. The van der Waals surface area contributed by atoms with Crippen molar-refractivity contribution in [1.29, 1.82) is 0 Å². The molecule has 1 aliphatic heterocycles. The molecule has 0 spiro atoms. The van der Waals surface area contributed by atoms with Gasteiger partial charge in [-0.05, 0) is 37.5 Å². The van der Waals surface area contributed by atoms with E-state index in [9.17, 15) is 9.59 Å². The minimum atomic E-state index is -0.0506. The fraction of sp³-hybridized carbons (Fsp3) is 0.368. The Kier molecular flexibility index (Phi) is 6.83. The first-order valence-corrected chi connectivity index (χ1v) is 8.51. The van der Waals surface area contributed by atoms with E-state index in [-0.39, 0.29) is 36.8 Å². The quantitative estimate of drug-likeness (QED) is 0.856. The van der Waals surface area contributed by atoms with Crippen molar-refractivity contribution in [3.05, 3.63) is 59.0 Å². The first kappa shape index (κ1) is 20.0. The van der Waals surface area contributed by atoms with Gasteiger partial charge in [-0.25, -0.2) is 0 Å². The second-order valence-corrected chi connectivity index (χ2v) is 6.36. The zero-order chi connectivity index (χ0) is 17.8. The van der Waals surface area contributed by atoms with E-state index in [4.69, 9.17) is 10.2 Å². The van der Waals surface area contributed by atoms with Crippen molar-refractivity contribution in [3.8, 4) is 0 Å². The van der Waals surface area contributed by atoms with Gasteiger partial charge in [0, 0.05) is 24.7 Å². The molecule has 1 aromatic heterocycles. The molecule has 2 amide bonds. The molecule has 0 aliphatic carbocycles. The monoisotopic (exact) mass is 377 g/mol. The molecule has 3 N–H and O–H groups in total. The molecule has 1 fully saturated rings. The zero-order valence-corrected chi connectivity index (χ0v) is 15.6. The predicted octanol–water partition coefficient (Wildman–Crippen LogP) is 2.50. The number of piperidine rings is 1. The zero-order valence-electron chi connectivity index (χ0n) is 14.7. The molecule has 2 aromatic rings. The number of nitrogens with two attached hydrogens (primary N) is 1.